The molecule has 4 heteroatoms. The zero-order valence-corrected chi connectivity index (χ0v) is 23.9. The molecular formula is C39H28N2O2. The largest absolute Gasteiger partial charge is 0.453 e. The molecular weight excluding hydrogens is 528 g/mol. The van der Waals surface area contributed by atoms with E-state index in [-0.39, 0.29) is 5.41 Å². The van der Waals surface area contributed by atoms with Crippen molar-refractivity contribution in [3.8, 4) is 28.7 Å². The second-order valence-electron chi connectivity index (χ2n) is 12.6. The zero-order chi connectivity index (χ0) is 28.4. The van der Waals surface area contributed by atoms with Crippen molar-refractivity contribution >= 4 is 38.9 Å². The number of anilines is 3. The fourth-order valence-electron chi connectivity index (χ4n) is 8.10. The third-order valence-corrected chi connectivity index (χ3v) is 10.0. The van der Waals surface area contributed by atoms with Gasteiger partial charge in [0.25, 0.3) is 0 Å². The maximum Gasteiger partial charge on any atom is 0.155 e. The van der Waals surface area contributed by atoms with Gasteiger partial charge in [0.05, 0.1) is 16.7 Å². The van der Waals surface area contributed by atoms with Crippen molar-refractivity contribution in [2.75, 3.05) is 4.90 Å². The standard InChI is InChI=1S/C39H28N2O2/c1-39(2)30-14-7-6-12-26(30)28-20-24(18-19-31(28)39)40(23-10-4-3-5-11-23)25-21-29-27-13-8-15-32-36(27)41-37(29)35(22-25)43-34-17-9-16-33(42-32)38(34)41/h3-22,26,30H,1-2H3. The Bertz CT molecular complexity index is 2240. The molecule has 0 saturated carbocycles. The van der Waals surface area contributed by atoms with Crippen molar-refractivity contribution in [1.29, 1.82) is 0 Å². The monoisotopic (exact) mass is 556 g/mol. The van der Waals surface area contributed by atoms with E-state index in [1.54, 1.807) is 0 Å². The van der Waals surface area contributed by atoms with E-state index in [4.69, 9.17) is 9.47 Å². The molecule has 0 saturated heterocycles. The topological polar surface area (TPSA) is 26.6 Å². The van der Waals surface area contributed by atoms with Gasteiger partial charge in [-0.2, -0.15) is 0 Å². The molecule has 0 spiro atoms. The van der Waals surface area contributed by atoms with Crippen LogP contribution in [0.4, 0.5) is 17.1 Å². The molecule has 3 heterocycles. The average Bonchev–Trinajstić information content (AvgIpc) is 3.49. The van der Waals surface area contributed by atoms with E-state index in [2.05, 4.69) is 126 Å². The number of ether oxygens (including phenoxy) is 2. The predicted octanol–water partition coefficient (Wildman–Crippen LogP) is 10.6. The van der Waals surface area contributed by atoms with Crippen LogP contribution in [0.5, 0.6) is 23.0 Å². The molecule has 0 amide bonds. The Morgan fingerprint density at radius 2 is 1.37 bits per heavy atom. The lowest BCUT2D eigenvalue weighted by atomic mass is 9.74. The quantitative estimate of drug-likeness (QED) is 0.217. The van der Waals surface area contributed by atoms with E-state index in [1.807, 2.05) is 18.2 Å². The summed E-state index contributed by atoms with van der Waals surface area (Å²) in [7, 11) is 0. The molecule has 5 aromatic carbocycles. The Hall–Kier alpha value is -5.22. The van der Waals surface area contributed by atoms with E-state index < -0.39 is 0 Å². The van der Waals surface area contributed by atoms with Gasteiger partial charge in [0.2, 0.25) is 0 Å². The Morgan fingerprint density at radius 3 is 2.23 bits per heavy atom. The molecule has 2 atom stereocenters. The van der Waals surface area contributed by atoms with Gasteiger partial charge in [0.15, 0.2) is 23.0 Å². The van der Waals surface area contributed by atoms with Crippen LogP contribution in [0.15, 0.2) is 121 Å². The summed E-state index contributed by atoms with van der Waals surface area (Å²) in [6.07, 6.45) is 9.17. The van der Waals surface area contributed by atoms with E-state index in [0.717, 1.165) is 67.6 Å². The van der Waals surface area contributed by atoms with Gasteiger partial charge >= 0.3 is 0 Å². The highest BCUT2D eigenvalue weighted by molar-refractivity contribution is 6.16. The van der Waals surface area contributed by atoms with Gasteiger partial charge in [-0.05, 0) is 71.0 Å². The maximum atomic E-state index is 6.68. The van der Waals surface area contributed by atoms with E-state index in [9.17, 15) is 0 Å². The van der Waals surface area contributed by atoms with Crippen LogP contribution in [-0.2, 0) is 5.41 Å². The summed E-state index contributed by atoms with van der Waals surface area (Å²) in [5.41, 5.74) is 9.40. The first kappa shape index (κ1) is 23.4. The molecule has 1 aromatic heterocycles. The van der Waals surface area contributed by atoms with Gasteiger partial charge in [-0.1, -0.05) is 80.6 Å². The fourth-order valence-corrected chi connectivity index (χ4v) is 8.10. The minimum Gasteiger partial charge on any atom is -0.453 e. The average molecular weight is 557 g/mol. The van der Waals surface area contributed by atoms with Crippen molar-refractivity contribution in [2.45, 2.75) is 25.2 Å². The second kappa shape index (κ2) is 7.99. The maximum absolute atomic E-state index is 6.68. The molecule has 2 aliphatic carbocycles. The predicted molar refractivity (Wildman–Crippen MR) is 173 cm³/mol. The molecule has 6 aromatic rings. The molecule has 43 heavy (non-hydrogen) atoms. The molecule has 2 unspecified atom stereocenters. The van der Waals surface area contributed by atoms with Gasteiger partial charge in [-0.3, -0.25) is 4.57 Å². The number of allylic oxidation sites excluding steroid dienone is 4. The van der Waals surface area contributed by atoms with Crippen molar-refractivity contribution in [1.82, 2.24) is 4.57 Å². The minimum absolute atomic E-state index is 0.0778. The Labute approximate surface area is 249 Å². The van der Waals surface area contributed by atoms with Crippen LogP contribution in [-0.4, -0.2) is 4.57 Å². The highest BCUT2D eigenvalue weighted by Gasteiger charge is 2.44. The molecule has 2 aliphatic heterocycles. The first-order chi connectivity index (χ1) is 21.1. The van der Waals surface area contributed by atoms with Gasteiger partial charge in [0, 0.05) is 34.1 Å². The summed E-state index contributed by atoms with van der Waals surface area (Å²) >= 11 is 0. The molecule has 206 valence electrons. The lowest BCUT2D eigenvalue weighted by Gasteiger charge is -2.30. The van der Waals surface area contributed by atoms with Crippen LogP contribution in [0.3, 0.4) is 0 Å². The number of hydrogen-bond donors (Lipinski definition) is 0. The number of benzene rings is 5. The number of hydrogen-bond acceptors (Lipinski definition) is 3. The van der Waals surface area contributed by atoms with Gasteiger partial charge in [0.1, 0.15) is 5.69 Å². The van der Waals surface area contributed by atoms with Crippen molar-refractivity contribution in [3.05, 3.63) is 132 Å². The third-order valence-electron chi connectivity index (χ3n) is 10.0. The van der Waals surface area contributed by atoms with Gasteiger partial charge in [-0.25, -0.2) is 0 Å². The van der Waals surface area contributed by atoms with Gasteiger partial charge in [-0.15, -0.1) is 0 Å². The number of rotatable bonds is 3. The lowest BCUT2D eigenvalue weighted by Crippen LogP contribution is -2.24. The van der Waals surface area contributed by atoms with E-state index in [0.29, 0.717) is 11.8 Å². The highest BCUT2D eigenvalue weighted by Crippen LogP contribution is 2.57. The Morgan fingerprint density at radius 1 is 0.628 bits per heavy atom. The molecule has 0 bridgehead atoms. The zero-order valence-electron chi connectivity index (χ0n) is 23.9. The van der Waals surface area contributed by atoms with E-state index >= 15 is 0 Å². The minimum atomic E-state index is 0.0778. The van der Waals surface area contributed by atoms with Crippen molar-refractivity contribution < 1.29 is 9.47 Å². The molecule has 10 rings (SSSR count). The summed E-state index contributed by atoms with van der Waals surface area (Å²) in [5, 5.41) is 2.31. The summed E-state index contributed by atoms with van der Waals surface area (Å²) in [5.74, 6) is 4.20. The van der Waals surface area contributed by atoms with Crippen molar-refractivity contribution in [3.63, 3.8) is 0 Å². The summed E-state index contributed by atoms with van der Waals surface area (Å²) < 4.78 is 15.4. The summed E-state index contributed by atoms with van der Waals surface area (Å²) in [6.45, 7) is 4.77. The molecule has 4 aliphatic rings. The fraction of sp³-hybridized carbons (Fsp3) is 0.128. The van der Waals surface area contributed by atoms with Crippen LogP contribution in [0.1, 0.15) is 30.9 Å². The van der Waals surface area contributed by atoms with Gasteiger partial charge < -0.3 is 14.4 Å². The first-order valence-corrected chi connectivity index (χ1v) is 15.0. The van der Waals surface area contributed by atoms with Crippen LogP contribution in [0.25, 0.3) is 27.5 Å². The lowest BCUT2D eigenvalue weighted by molar-refractivity contribution is 0.394. The molecule has 0 radical (unpaired) electrons. The SMILES string of the molecule is CC1(C)c2ccc(N(c3ccccc3)c3cc4c5c(c3)c3cccc6c3n5-c3c(cccc3O4)O6)cc2C2C=CC=CC21. The summed E-state index contributed by atoms with van der Waals surface area (Å²) in [6, 6.07) is 34.6. The van der Waals surface area contributed by atoms with Crippen molar-refractivity contribution in [2.24, 2.45) is 5.92 Å². The normalized spacial score (nSPS) is 19.3. The highest BCUT2D eigenvalue weighted by atomic mass is 16.5. The number of aromatic nitrogens is 1. The van der Waals surface area contributed by atoms with Crippen LogP contribution < -0.4 is 14.4 Å². The Balaban J connectivity index is 1.24. The summed E-state index contributed by atoms with van der Waals surface area (Å²) in [4.78, 5) is 2.37. The van der Waals surface area contributed by atoms with Crippen LogP contribution in [0, 0.1) is 5.92 Å². The number of fused-ring (bicyclic) bond motifs is 4. The smallest absolute Gasteiger partial charge is 0.155 e. The van der Waals surface area contributed by atoms with Crippen LogP contribution >= 0.6 is 0 Å². The third kappa shape index (κ3) is 2.95. The number of para-hydroxylation sites is 3. The number of nitrogens with zero attached hydrogens (tertiary/aromatic N) is 2. The van der Waals surface area contributed by atoms with E-state index in [1.165, 1.54) is 11.1 Å². The first-order valence-electron chi connectivity index (χ1n) is 15.0. The molecule has 4 nitrogen and oxygen atoms in total. The Kier molecular flexibility index (Phi) is 4.34. The second-order valence-corrected chi connectivity index (χ2v) is 12.6. The molecule has 0 fully saturated rings. The molecule has 0 N–H and O–H groups in total. The van der Waals surface area contributed by atoms with Crippen LogP contribution in [0.2, 0.25) is 0 Å².